The van der Waals surface area contributed by atoms with Gasteiger partial charge < -0.3 is 5.32 Å². The molecule has 1 unspecified atom stereocenters. The van der Waals surface area contributed by atoms with Crippen LogP contribution in [-0.2, 0) is 10.0 Å². The molecule has 4 nitrogen and oxygen atoms in total. The van der Waals surface area contributed by atoms with Crippen LogP contribution in [0.4, 0.5) is 0 Å². The molecule has 23 heavy (non-hydrogen) atoms. The maximum atomic E-state index is 11.6. The lowest BCUT2D eigenvalue weighted by Gasteiger charge is -2.39. The summed E-state index contributed by atoms with van der Waals surface area (Å²) < 4.78 is 24.9. The number of hydrogen-bond donors (Lipinski definition) is 1. The molecule has 2 rings (SSSR count). The van der Waals surface area contributed by atoms with Crippen LogP contribution in [0.25, 0.3) is 0 Å². The van der Waals surface area contributed by atoms with Gasteiger partial charge in [0.15, 0.2) is 0 Å². The molecule has 0 bridgehead atoms. The van der Waals surface area contributed by atoms with Crippen molar-refractivity contribution in [3.8, 4) is 0 Å². The maximum Gasteiger partial charge on any atom is 0.211 e. The summed E-state index contributed by atoms with van der Waals surface area (Å²) in [6.07, 6.45) is 3.03. The first-order valence-electron chi connectivity index (χ1n) is 8.36. The molecule has 0 amide bonds. The van der Waals surface area contributed by atoms with Crippen LogP contribution in [0, 0.1) is 12.3 Å². The fraction of sp³-hybridized carbons (Fsp3) is 0.667. The average Bonchev–Trinajstić information content (AvgIpc) is 2.44. The van der Waals surface area contributed by atoms with E-state index < -0.39 is 10.0 Å². The Bertz CT molecular complexity index is 627. The monoisotopic (exact) mass is 338 g/mol. The molecule has 0 aliphatic carbocycles. The molecular weight excluding hydrogens is 308 g/mol. The van der Waals surface area contributed by atoms with Gasteiger partial charge in [-0.2, -0.15) is 0 Å². The van der Waals surface area contributed by atoms with E-state index in [1.165, 1.54) is 17.4 Å². The molecule has 1 atom stereocenters. The minimum Gasteiger partial charge on any atom is -0.307 e. The first-order valence-corrected chi connectivity index (χ1v) is 10.2. The van der Waals surface area contributed by atoms with Gasteiger partial charge in [-0.1, -0.05) is 45.0 Å². The molecule has 0 spiro atoms. The van der Waals surface area contributed by atoms with Crippen LogP contribution in [0.15, 0.2) is 24.3 Å². The number of sulfonamides is 1. The molecule has 1 saturated heterocycles. The summed E-state index contributed by atoms with van der Waals surface area (Å²) in [4.78, 5) is 0. The zero-order valence-corrected chi connectivity index (χ0v) is 15.8. The van der Waals surface area contributed by atoms with Gasteiger partial charge >= 0.3 is 0 Å². The van der Waals surface area contributed by atoms with Crippen molar-refractivity contribution in [1.82, 2.24) is 9.62 Å². The maximum absolute atomic E-state index is 11.6. The first-order chi connectivity index (χ1) is 10.6. The second-order valence-electron chi connectivity index (χ2n) is 7.76. The topological polar surface area (TPSA) is 49.4 Å². The Hall–Kier alpha value is -0.910. The van der Waals surface area contributed by atoms with E-state index in [4.69, 9.17) is 0 Å². The van der Waals surface area contributed by atoms with Crippen LogP contribution >= 0.6 is 0 Å². The van der Waals surface area contributed by atoms with Crippen LogP contribution in [0.2, 0.25) is 0 Å². The van der Waals surface area contributed by atoms with Gasteiger partial charge in [0, 0.05) is 25.2 Å². The molecule has 1 N–H and O–H groups in total. The minimum absolute atomic E-state index is 0.0973. The Labute approximate surface area is 141 Å². The molecule has 1 aromatic carbocycles. The van der Waals surface area contributed by atoms with E-state index in [0.717, 1.165) is 12.8 Å². The van der Waals surface area contributed by atoms with Crippen molar-refractivity contribution in [3.63, 3.8) is 0 Å². The first kappa shape index (κ1) is 18.4. The van der Waals surface area contributed by atoms with Gasteiger partial charge in [-0.05, 0) is 36.3 Å². The lowest BCUT2D eigenvalue weighted by Crippen LogP contribution is -2.47. The van der Waals surface area contributed by atoms with E-state index in [0.29, 0.717) is 19.1 Å². The van der Waals surface area contributed by atoms with Crippen LogP contribution in [0.1, 0.15) is 50.8 Å². The van der Waals surface area contributed by atoms with Gasteiger partial charge in [-0.25, -0.2) is 12.7 Å². The molecule has 0 radical (unpaired) electrons. The SMILES string of the molecule is Cc1ccccc1C(NC1CCN(S(C)(=O)=O)CC1)C(C)(C)C. The van der Waals surface area contributed by atoms with Gasteiger partial charge in [0.05, 0.1) is 6.26 Å². The molecule has 1 heterocycles. The highest BCUT2D eigenvalue weighted by Gasteiger charge is 2.32. The molecule has 5 heteroatoms. The Morgan fingerprint density at radius 1 is 1.17 bits per heavy atom. The smallest absolute Gasteiger partial charge is 0.211 e. The van der Waals surface area contributed by atoms with Gasteiger partial charge in [-0.3, -0.25) is 0 Å². The molecule has 1 aliphatic heterocycles. The third-order valence-corrected chi connectivity index (χ3v) is 5.99. The quantitative estimate of drug-likeness (QED) is 0.918. The van der Waals surface area contributed by atoms with Crippen molar-refractivity contribution in [1.29, 1.82) is 0 Å². The van der Waals surface area contributed by atoms with Crippen molar-refractivity contribution in [2.75, 3.05) is 19.3 Å². The third kappa shape index (κ3) is 4.78. The standard InChI is InChI=1S/C18H30N2O2S/c1-14-8-6-7-9-16(14)17(18(2,3)4)19-15-10-12-20(13-11-15)23(5,21)22/h6-9,15,17,19H,10-13H2,1-5H3. The fourth-order valence-electron chi connectivity index (χ4n) is 3.31. The Morgan fingerprint density at radius 2 is 1.74 bits per heavy atom. The molecule has 1 aromatic rings. The number of nitrogens with zero attached hydrogens (tertiary/aromatic N) is 1. The summed E-state index contributed by atoms with van der Waals surface area (Å²) in [5.74, 6) is 0. The van der Waals surface area contributed by atoms with E-state index in [1.54, 1.807) is 4.31 Å². The van der Waals surface area contributed by atoms with E-state index in [2.05, 4.69) is 57.3 Å². The Balaban J connectivity index is 2.11. The lowest BCUT2D eigenvalue weighted by molar-refractivity contribution is 0.209. The number of aryl methyl sites for hydroxylation is 1. The molecule has 1 aliphatic rings. The van der Waals surface area contributed by atoms with Crippen LogP contribution in [-0.4, -0.2) is 38.1 Å². The average molecular weight is 339 g/mol. The summed E-state index contributed by atoms with van der Waals surface area (Å²) in [6, 6.07) is 9.14. The van der Waals surface area contributed by atoms with Crippen molar-refractivity contribution in [3.05, 3.63) is 35.4 Å². The summed E-state index contributed by atoms with van der Waals surface area (Å²) >= 11 is 0. The molecule has 130 valence electrons. The normalized spacial score (nSPS) is 19.7. The van der Waals surface area contributed by atoms with Crippen LogP contribution in [0.5, 0.6) is 0 Å². The highest BCUT2D eigenvalue weighted by atomic mass is 32.2. The lowest BCUT2D eigenvalue weighted by atomic mass is 9.80. The number of piperidine rings is 1. The summed E-state index contributed by atoms with van der Waals surface area (Å²) in [5.41, 5.74) is 2.74. The molecule has 0 saturated carbocycles. The predicted octanol–water partition coefficient (Wildman–Crippen LogP) is 3.10. The van der Waals surface area contributed by atoms with Crippen molar-refractivity contribution < 1.29 is 8.42 Å². The Kier molecular flexibility index (Phi) is 5.54. The number of hydrogen-bond acceptors (Lipinski definition) is 3. The van der Waals surface area contributed by atoms with Gasteiger partial charge in [0.1, 0.15) is 0 Å². The summed E-state index contributed by atoms with van der Waals surface area (Å²) in [6.45, 7) is 10.1. The van der Waals surface area contributed by atoms with Crippen LogP contribution in [0.3, 0.4) is 0 Å². The van der Waals surface area contributed by atoms with E-state index in [-0.39, 0.29) is 11.5 Å². The fourth-order valence-corrected chi connectivity index (χ4v) is 4.18. The van der Waals surface area contributed by atoms with Gasteiger partial charge in [-0.15, -0.1) is 0 Å². The Morgan fingerprint density at radius 3 is 2.22 bits per heavy atom. The molecule has 0 aromatic heterocycles. The summed E-state index contributed by atoms with van der Waals surface area (Å²) in [5, 5.41) is 3.80. The summed E-state index contributed by atoms with van der Waals surface area (Å²) in [7, 11) is -3.06. The van der Waals surface area contributed by atoms with Crippen molar-refractivity contribution in [2.45, 2.75) is 52.6 Å². The van der Waals surface area contributed by atoms with E-state index in [9.17, 15) is 8.42 Å². The molecular formula is C18H30N2O2S. The second-order valence-corrected chi connectivity index (χ2v) is 9.74. The van der Waals surface area contributed by atoms with E-state index in [1.807, 2.05) is 0 Å². The number of nitrogens with one attached hydrogen (secondary N) is 1. The minimum atomic E-state index is -3.06. The van der Waals surface area contributed by atoms with E-state index >= 15 is 0 Å². The zero-order chi connectivity index (χ0) is 17.3. The highest BCUT2D eigenvalue weighted by Crippen LogP contribution is 2.35. The zero-order valence-electron chi connectivity index (χ0n) is 15.0. The van der Waals surface area contributed by atoms with Gasteiger partial charge in [0.2, 0.25) is 10.0 Å². The third-order valence-electron chi connectivity index (χ3n) is 4.69. The largest absolute Gasteiger partial charge is 0.307 e. The number of rotatable bonds is 4. The highest BCUT2D eigenvalue weighted by molar-refractivity contribution is 7.88. The van der Waals surface area contributed by atoms with Crippen molar-refractivity contribution in [2.24, 2.45) is 5.41 Å². The number of benzene rings is 1. The van der Waals surface area contributed by atoms with Crippen molar-refractivity contribution >= 4 is 10.0 Å². The van der Waals surface area contributed by atoms with Gasteiger partial charge in [0.25, 0.3) is 0 Å². The molecule has 1 fully saturated rings. The predicted molar refractivity (Wildman–Crippen MR) is 95.9 cm³/mol. The van der Waals surface area contributed by atoms with Crippen LogP contribution < -0.4 is 5.32 Å². The second kappa shape index (κ2) is 6.91.